The predicted octanol–water partition coefficient (Wildman–Crippen LogP) is 1.46. The summed E-state index contributed by atoms with van der Waals surface area (Å²) < 4.78 is 15.9. The van der Waals surface area contributed by atoms with E-state index in [0.29, 0.717) is 42.9 Å². The van der Waals surface area contributed by atoms with Gasteiger partial charge >= 0.3 is 0 Å². The first-order valence-corrected chi connectivity index (χ1v) is 6.43. The zero-order valence-electron chi connectivity index (χ0n) is 11.2. The van der Waals surface area contributed by atoms with Gasteiger partial charge < -0.3 is 24.6 Å². The zero-order valence-corrected chi connectivity index (χ0v) is 12.0. The Kier molecular flexibility index (Phi) is 7.59. The van der Waals surface area contributed by atoms with E-state index in [-0.39, 0.29) is 6.61 Å². The summed E-state index contributed by atoms with van der Waals surface area (Å²) in [7, 11) is 3.44. The first-order chi connectivity index (χ1) is 9.22. The van der Waals surface area contributed by atoms with Gasteiger partial charge in [-0.15, -0.1) is 0 Å². The molecule has 0 aliphatic rings. The highest BCUT2D eigenvalue weighted by Gasteiger charge is 2.11. The highest BCUT2D eigenvalue weighted by atomic mass is 35.5. The number of hydrogen-bond acceptors (Lipinski definition) is 5. The number of methoxy groups -OCH3 is 1. The van der Waals surface area contributed by atoms with Crippen LogP contribution in [0.3, 0.4) is 0 Å². The number of benzene rings is 1. The summed E-state index contributed by atoms with van der Waals surface area (Å²) in [6.45, 7) is 1.74. The van der Waals surface area contributed by atoms with Crippen LogP contribution in [-0.4, -0.2) is 45.7 Å². The normalized spacial score (nSPS) is 10.5. The number of aliphatic hydroxyl groups is 1. The molecule has 1 aromatic rings. The summed E-state index contributed by atoms with van der Waals surface area (Å²) in [6.07, 6.45) is 0. The van der Waals surface area contributed by atoms with Gasteiger partial charge in [0, 0.05) is 6.54 Å². The molecule has 0 aliphatic heterocycles. The van der Waals surface area contributed by atoms with Gasteiger partial charge in [0.2, 0.25) is 0 Å². The molecule has 1 rings (SSSR count). The van der Waals surface area contributed by atoms with Crippen molar-refractivity contribution in [2.75, 3.05) is 40.6 Å². The smallest absolute Gasteiger partial charge is 0.179 e. The van der Waals surface area contributed by atoms with Crippen LogP contribution in [0.5, 0.6) is 11.5 Å². The maximum Gasteiger partial charge on any atom is 0.179 e. The number of nitrogens with one attached hydrogen (secondary N) is 1. The molecule has 0 bridgehead atoms. The van der Waals surface area contributed by atoms with E-state index in [1.54, 1.807) is 7.11 Å². The van der Waals surface area contributed by atoms with E-state index < -0.39 is 0 Å². The van der Waals surface area contributed by atoms with Crippen molar-refractivity contribution in [1.29, 1.82) is 0 Å². The van der Waals surface area contributed by atoms with Gasteiger partial charge in [-0.2, -0.15) is 0 Å². The van der Waals surface area contributed by atoms with Crippen LogP contribution in [0.25, 0.3) is 0 Å². The van der Waals surface area contributed by atoms with Crippen molar-refractivity contribution in [3.63, 3.8) is 0 Å². The topological polar surface area (TPSA) is 60.0 Å². The van der Waals surface area contributed by atoms with E-state index in [4.69, 9.17) is 30.9 Å². The monoisotopic (exact) mass is 289 g/mol. The van der Waals surface area contributed by atoms with Gasteiger partial charge in [-0.3, -0.25) is 0 Å². The fourth-order valence-corrected chi connectivity index (χ4v) is 1.88. The van der Waals surface area contributed by atoms with E-state index in [1.807, 2.05) is 19.2 Å². The van der Waals surface area contributed by atoms with Crippen LogP contribution in [0.15, 0.2) is 12.1 Å². The number of hydrogen-bond donors (Lipinski definition) is 2. The molecular weight excluding hydrogens is 270 g/mol. The maximum atomic E-state index is 8.58. The van der Waals surface area contributed by atoms with Crippen molar-refractivity contribution in [3.05, 3.63) is 22.7 Å². The van der Waals surface area contributed by atoms with Crippen molar-refractivity contribution in [1.82, 2.24) is 5.32 Å². The Morgan fingerprint density at radius 2 is 2.05 bits per heavy atom. The second-order valence-corrected chi connectivity index (χ2v) is 4.23. The minimum absolute atomic E-state index is 0.00277. The van der Waals surface area contributed by atoms with Crippen LogP contribution in [0.1, 0.15) is 5.56 Å². The Bertz CT molecular complexity index is 387. The molecule has 0 amide bonds. The van der Waals surface area contributed by atoms with Crippen LogP contribution >= 0.6 is 11.6 Å². The molecule has 0 saturated heterocycles. The fraction of sp³-hybridized carbons (Fsp3) is 0.538. The van der Waals surface area contributed by atoms with E-state index in [9.17, 15) is 0 Å². The molecule has 0 radical (unpaired) electrons. The van der Waals surface area contributed by atoms with Crippen molar-refractivity contribution in [2.45, 2.75) is 6.54 Å². The SMILES string of the molecule is CNCc1cc(Cl)c(OCCOCCO)c(OC)c1. The van der Waals surface area contributed by atoms with Gasteiger partial charge in [0.1, 0.15) is 6.61 Å². The van der Waals surface area contributed by atoms with Gasteiger partial charge in [0.05, 0.1) is 32.0 Å². The Labute approximate surface area is 118 Å². The number of halogens is 1. The molecule has 0 aliphatic carbocycles. The largest absolute Gasteiger partial charge is 0.493 e. The lowest BCUT2D eigenvalue weighted by Crippen LogP contribution is -2.10. The molecule has 0 fully saturated rings. The second kappa shape index (κ2) is 8.98. The molecule has 108 valence electrons. The second-order valence-electron chi connectivity index (χ2n) is 3.82. The molecule has 0 atom stereocenters. The van der Waals surface area contributed by atoms with Gasteiger partial charge in [-0.05, 0) is 24.7 Å². The third-order valence-corrected chi connectivity index (χ3v) is 2.66. The Hall–Kier alpha value is -1.01. The number of rotatable bonds is 9. The van der Waals surface area contributed by atoms with Crippen molar-refractivity contribution in [3.8, 4) is 11.5 Å². The first kappa shape index (κ1) is 16.0. The molecule has 5 nitrogen and oxygen atoms in total. The average molecular weight is 290 g/mol. The highest BCUT2D eigenvalue weighted by Crippen LogP contribution is 2.36. The summed E-state index contributed by atoms with van der Waals surface area (Å²) in [6, 6.07) is 3.72. The molecule has 0 saturated carbocycles. The molecule has 2 N–H and O–H groups in total. The van der Waals surface area contributed by atoms with Gasteiger partial charge in [-0.1, -0.05) is 11.6 Å². The molecule has 0 aromatic heterocycles. The summed E-state index contributed by atoms with van der Waals surface area (Å²) in [5.74, 6) is 1.11. The molecule has 0 heterocycles. The number of ether oxygens (including phenoxy) is 3. The average Bonchev–Trinajstić information content (AvgIpc) is 2.40. The predicted molar refractivity (Wildman–Crippen MR) is 74.2 cm³/mol. The minimum Gasteiger partial charge on any atom is -0.493 e. The number of aliphatic hydroxyl groups excluding tert-OH is 1. The Morgan fingerprint density at radius 1 is 1.26 bits per heavy atom. The van der Waals surface area contributed by atoms with E-state index in [1.165, 1.54) is 0 Å². The van der Waals surface area contributed by atoms with Crippen molar-refractivity contribution < 1.29 is 19.3 Å². The lowest BCUT2D eigenvalue weighted by molar-refractivity contribution is 0.0699. The molecule has 19 heavy (non-hydrogen) atoms. The van der Waals surface area contributed by atoms with Crippen LogP contribution in [0, 0.1) is 0 Å². The lowest BCUT2D eigenvalue weighted by atomic mass is 10.2. The Morgan fingerprint density at radius 3 is 2.68 bits per heavy atom. The van der Waals surface area contributed by atoms with E-state index in [0.717, 1.165) is 5.56 Å². The third kappa shape index (κ3) is 5.24. The van der Waals surface area contributed by atoms with Crippen LogP contribution in [-0.2, 0) is 11.3 Å². The van der Waals surface area contributed by atoms with Crippen LogP contribution < -0.4 is 14.8 Å². The van der Waals surface area contributed by atoms with Crippen molar-refractivity contribution in [2.24, 2.45) is 0 Å². The molecule has 0 unspecified atom stereocenters. The van der Waals surface area contributed by atoms with Crippen molar-refractivity contribution >= 4 is 11.6 Å². The van der Waals surface area contributed by atoms with Crippen LogP contribution in [0.4, 0.5) is 0 Å². The van der Waals surface area contributed by atoms with E-state index >= 15 is 0 Å². The molecule has 0 spiro atoms. The van der Waals surface area contributed by atoms with Gasteiger partial charge in [0.15, 0.2) is 11.5 Å². The maximum absolute atomic E-state index is 8.58. The zero-order chi connectivity index (χ0) is 14.1. The first-order valence-electron chi connectivity index (χ1n) is 6.05. The molecule has 1 aromatic carbocycles. The highest BCUT2D eigenvalue weighted by molar-refractivity contribution is 6.32. The third-order valence-electron chi connectivity index (χ3n) is 2.38. The summed E-state index contributed by atoms with van der Waals surface area (Å²) in [5, 5.41) is 12.1. The molecule has 6 heteroatoms. The summed E-state index contributed by atoms with van der Waals surface area (Å²) in [5.41, 5.74) is 1.02. The standard InChI is InChI=1S/C13H20ClNO4/c1-15-9-10-7-11(14)13(12(8-10)17-2)19-6-5-18-4-3-16/h7-8,15-16H,3-6,9H2,1-2H3. The fourth-order valence-electron chi connectivity index (χ4n) is 1.59. The quantitative estimate of drug-likeness (QED) is 0.674. The summed E-state index contributed by atoms with van der Waals surface area (Å²) in [4.78, 5) is 0. The van der Waals surface area contributed by atoms with Crippen LogP contribution in [0.2, 0.25) is 5.02 Å². The minimum atomic E-state index is 0.00277. The lowest BCUT2D eigenvalue weighted by Gasteiger charge is -2.14. The Balaban J connectivity index is 2.65. The van der Waals surface area contributed by atoms with Gasteiger partial charge in [-0.25, -0.2) is 0 Å². The summed E-state index contributed by atoms with van der Waals surface area (Å²) >= 11 is 6.18. The van der Waals surface area contributed by atoms with E-state index in [2.05, 4.69) is 5.32 Å². The van der Waals surface area contributed by atoms with Gasteiger partial charge in [0.25, 0.3) is 0 Å². The molecular formula is C13H20ClNO4.